The highest BCUT2D eigenvalue weighted by Crippen LogP contribution is 2.40. The van der Waals surface area contributed by atoms with Gasteiger partial charge in [0.1, 0.15) is 0 Å². The van der Waals surface area contributed by atoms with Crippen molar-refractivity contribution in [1.29, 1.82) is 0 Å². The fourth-order valence-electron chi connectivity index (χ4n) is 4.46. The van der Waals surface area contributed by atoms with E-state index in [2.05, 4.69) is 22.2 Å². The number of carbonyl (C=O) groups is 2. The maximum Gasteiger partial charge on any atom is 0.416 e. The molecule has 0 aromatic heterocycles. The Labute approximate surface area is 193 Å². The molecule has 3 fully saturated rings. The second-order valence-electron chi connectivity index (χ2n) is 8.30. The van der Waals surface area contributed by atoms with Crippen LogP contribution < -0.4 is 10.2 Å². The Kier molecular flexibility index (Phi) is 6.76. The van der Waals surface area contributed by atoms with Crippen molar-refractivity contribution in [3.63, 3.8) is 0 Å². The van der Waals surface area contributed by atoms with Crippen molar-refractivity contribution >= 4 is 46.3 Å². The Balaban J connectivity index is 1.60. The standard InChI is InChI=1S/C21H24ClF3N4O2S/c1-27-4-2-15(3-5-27)28-6-8-29(9-7-28)18-13(11-17-19(30)26-20(31)32-17)10-14(12-16(18)22)21(23,24)25/h10-12,15H,2-9H2,1H3,(H,26,30,31)/b17-11-. The number of hydrogen-bond acceptors (Lipinski definition) is 6. The van der Waals surface area contributed by atoms with Crippen LogP contribution in [0.25, 0.3) is 6.08 Å². The molecule has 0 aliphatic carbocycles. The minimum Gasteiger partial charge on any atom is -0.367 e. The van der Waals surface area contributed by atoms with Crippen LogP contribution in [0.2, 0.25) is 5.02 Å². The van der Waals surface area contributed by atoms with E-state index in [1.165, 1.54) is 6.08 Å². The first-order chi connectivity index (χ1) is 15.1. The van der Waals surface area contributed by atoms with Gasteiger partial charge >= 0.3 is 6.18 Å². The fourth-order valence-corrected chi connectivity index (χ4v) is 5.48. The molecule has 3 heterocycles. The molecule has 0 spiro atoms. The zero-order chi connectivity index (χ0) is 23.0. The van der Waals surface area contributed by atoms with Crippen molar-refractivity contribution in [2.24, 2.45) is 0 Å². The van der Waals surface area contributed by atoms with Crippen molar-refractivity contribution in [3.05, 3.63) is 33.2 Å². The molecular formula is C21H24ClF3N4O2S. The van der Waals surface area contributed by atoms with Crippen molar-refractivity contribution in [2.45, 2.75) is 25.1 Å². The van der Waals surface area contributed by atoms with E-state index in [1.807, 2.05) is 4.90 Å². The van der Waals surface area contributed by atoms with Crippen molar-refractivity contribution < 1.29 is 22.8 Å². The molecule has 2 amide bonds. The molecular weight excluding hydrogens is 465 g/mol. The number of piperidine rings is 1. The molecule has 32 heavy (non-hydrogen) atoms. The summed E-state index contributed by atoms with van der Waals surface area (Å²) in [5.41, 5.74) is -0.245. The maximum atomic E-state index is 13.4. The number of nitrogens with one attached hydrogen (secondary N) is 1. The van der Waals surface area contributed by atoms with Crippen molar-refractivity contribution in [1.82, 2.24) is 15.1 Å². The van der Waals surface area contributed by atoms with Gasteiger partial charge in [0.15, 0.2) is 0 Å². The minimum absolute atomic E-state index is 0.0193. The molecule has 1 N–H and O–H groups in total. The van der Waals surface area contributed by atoms with Crippen LogP contribution in [0.5, 0.6) is 0 Å². The minimum atomic E-state index is -4.58. The molecule has 11 heteroatoms. The molecule has 0 saturated carbocycles. The van der Waals surface area contributed by atoms with Gasteiger partial charge in [-0.2, -0.15) is 13.2 Å². The number of nitrogens with zero attached hydrogens (tertiary/aromatic N) is 3. The molecule has 0 unspecified atom stereocenters. The number of amides is 2. The quantitative estimate of drug-likeness (QED) is 0.651. The van der Waals surface area contributed by atoms with Gasteiger partial charge < -0.3 is 9.80 Å². The predicted octanol–water partition coefficient (Wildman–Crippen LogP) is 3.90. The topological polar surface area (TPSA) is 55.9 Å². The van der Waals surface area contributed by atoms with Gasteiger partial charge in [0.25, 0.3) is 11.1 Å². The SMILES string of the molecule is CN1CCC(N2CCN(c3c(Cl)cc(C(F)(F)F)cc3/C=C3\SC(=O)NC3=O)CC2)CC1. The molecule has 174 valence electrons. The number of halogens is 4. The summed E-state index contributed by atoms with van der Waals surface area (Å²) in [5, 5.41) is 1.56. The lowest BCUT2D eigenvalue weighted by Gasteiger charge is -2.43. The van der Waals surface area contributed by atoms with Crippen LogP contribution in [-0.4, -0.2) is 73.3 Å². The van der Waals surface area contributed by atoms with Crippen LogP contribution >= 0.6 is 23.4 Å². The lowest BCUT2D eigenvalue weighted by molar-refractivity contribution is -0.137. The second kappa shape index (κ2) is 9.24. The molecule has 3 aliphatic rings. The third-order valence-corrected chi connectivity index (χ3v) is 7.28. The van der Waals surface area contributed by atoms with E-state index in [0.29, 0.717) is 36.6 Å². The van der Waals surface area contributed by atoms with Gasteiger partial charge in [-0.15, -0.1) is 0 Å². The van der Waals surface area contributed by atoms with Gasteiger partial charge in [-0.1, -0.05) is 11.6 Å². The number of hydrogen-bond donors (Lipinski definition) is 1. The molecule has 4 rings (SSSR count). The summed E-state index contributed by atoms with van der Waals surface area (Å²) in [4.78, 5) is 30.3. The molecule has 1 aromatic rings. The Morgan fingerprint density at radius 2 is 1.75 bits per heavy atom. The van der Waals surface area contributed by atoms with Crippen LogP contribution in [0.3, 0.4) is 0 Å². The van der Waals surface area contributed by atoms with E-state index >= 15 is 0 Å². The number of alkyl halides is 3. The van der Waals surface area contributed by atoms with Gasteiger partial charge in [0, 0.05) is 37.8 Å². The summed E-state index contributed by atoms with van der Waals surface area (Å²) >= 11 is 7.03. The van der Waals surface area contributed by atoms with E-state index in [9.17, 15) is 22.8 Å². The highest BCUT2D eigenvalue weighted by atomic mass is 35.5. The number of thioether (sulfide) groups is 1. The zero-order valence-corrected chi connectivity index (χ0v) is 19.1. The molecule has 0 atom stereocenters. The van der Waals surface area contributed by atoms with Gasteiger partial charge in [0.05, 0.1) is 21.2 Å². The predicted molar refractivity (Wildman–Crippen MR) is 120 cm³/mol. The summed E-state index contributed by atoms with van der Waals surface area (Å²) in [7, 11) is 2.12. The summed E-state index contributed by atoms with van der Waals surface area (Å²) in [6.07, 6.45) is -1.04. The van der Waals surface area contributed by atoms with E-state index < -0.39 is 22.9 Å². The Morgan fingerprint density at radius 3 is 2.31 bits per heavy atom. The first-order valence-electron chi connectivity index (χ1n) is 10.4. The number of anilines is 1. The highest BCUT2D eigenvalue weighted by molar-refractivity contribution is 8.18. The number of imide groups is 1. The number of rotatable bonds is 3. The lowest BCUT2D eigenvalue weighted by atomic mass is 10.0. The molecule has 3 aliphatic heterocycles. The fraction of sp³-hybridized carbons (Fsp3) is 0.524. The smallest absolute Gasteiger partial charge is 0.367 e. The summed E-state index contributed by atoms with van der Waals surface area (Å²) in [6.45, 7) is 4.93. The average molecular weight is 489 g/mol. The van der Waals surface area contributed by atoms with Crippen molar-refractivity contribution in [3.8, 4) is 0 Å². The Hall–Kier alpha value is -1.75. The number of benzene rings is 1. The largest absolute Gasteiger partial charge is 0.416 e. The van der Waals surface area contributed by atoms with Crippen LogP contribution in [0, 0.1) is 0 Å². The van der Waals surface area contributed by atoms with Gasteiger partial charge in [-0.3, -0.25) is 19.8 Å². The highest BCUT2D eigenvalue weighted by Gasteiger charge is 2.34. The van der Waals surface area contributed by atoms with Gasteiger partial charge in [0.2, 0.25) is 0 Å². The normalized spacial score (nSPS) is 23.3. The van der Waals surface area contributed by atoms with Crippen LogP contribution in [0.4, 0.5) is 23.7 Å². The molecule has 0 bridgehead atoms. The molecule has 1 aromatic carbocycles. The van der Waals surface area contributed by atoms with E-state index in [4.69, 9.17) is 11.6 Å². The lowest BCUT2D eigenvalue weighted by Crippen LogP contribution is -2.53. The van der Waals surface area contributed by atoms with Gasteiger partial charge in [-0.05, 0) is 62.9 Å². The molecule has 6 nitrogen and oxygen atoms in total. The molecule has 3 saturated heterocycles. The summed E-state index contributed by atoms with van der Waals surface area (Å²) < 4.78 is 40.3. The third-order valence-electron chi connectivity index (χ3n) is 6.18. The maximum absolute atomic E-state index is 13.4. The Morgan fingerprint density at radius 1 is 1.09 bits per heavy atom. The Bertz CT molecular complexity index is 940. The summed E-state index contributed by atoms with van der Waals surface area (Å²) in [5.74, 6) is -0.619. The van der Waals surface area contributed by atoms with E-state index in [1.54, 1.807) is 0 Å². The van der Waals surface area contributed by atoms with Crippen LogP contribution in [0.1, 0.15) is 24.0 Å². The van der Waals surface area contributed by atoms with Crippen LogP contribution in [-0.2, 0) is 11.0 Å². The summed E-state index contributed by atoms with van der Waals surface area (Å²) in [6, 6.07) is 2.44. The first-order valence-corrected chi connectivity index (χ1v) is 11.6. The van der Waals surface area contributed by atoms with Crippen molar-refractivity contribution in [2.75, 3.05) is 51.2 Å². The number of likely N-dealkylation sites (tertiary alicyclic amines) is 1. The van der Waals surface area contributed by atoms with E-state index in [-0.39, 0.29) is 15.5 Å². The average Bonchev–Trinajstić information content (AvgIpc) is 3.04. The van der Waals surface area contributed by atoms with Gasteiger partial charge in [-0.25, -0.2) is 0 Å². The zero-order valence-electron chi connectivity index (χ0n) is 17.5. The molecule has 0 radical (unpaired) electrons. The first kappa shape index (κ1) is 23.4. The third kappa shape index (κ3) is 5.08. The van der Waals surface area contributed by atoms with E-state index in [0.717, 1.165) is 51.2 Å². The monoisotopic (exact) mass is 488 g/mol. The number of piperazine rings is 1. The number of carbonyl (C=O) groups excluding carboxylic acids is 2. The van der Waals surface area contributed by atoms with Crippen LogP contribution in [0.15, 0.2) is 17.0 Å². The second-order valence-corrected chi connectivity index (χ2v) is 9.73.